The molecule has 19 heteroatoms. The van der Waals surface area contributed by atoms with Crippen molar-refractivity contribution < 1.29 is 42.6 Å². The molecular formula is C29H36N5O13P. The van der Waals surface area contributed by atoms with E-state index in [1.54, 1.807) is 12.1 Å². The van der Waals surface area contributed by atoms with Crippen LogP contribution < -0.4 is 22.5 Å². The summed E-state index contributed by atoms with van der Waals surface area (Å²) in [5, 5.41) is 20.7. The highest BCUT2D eigenvalue weighted by Gasteiger charge is 2.44. The number of rotatable bonds is 14. The standard InChI is InChI=1S/C29H36N5O13P/c1-16-12-33(28(40)31-26(16)38)24-9-20(37)23(46-24)15-44-48(42,43-8-4-6-19(36)18-5-3-7-30-11-18)47-21-10-25(45-22(21)14-35)34-13-17(2)27(39)32-29(34)41/h3,5,7,11-13,20-25,35,37H,4,6,8-10,14-15H2,1-2H3,(H,31,38,40)(H,32,39,41)/t20-,21-,22+,23+,24+,25+,48?/m0/s1. The Morgan fingerprint density at radius 3 is 2.23 bits per heavy atom. The number of carbonyl (C=O) groups is 1. The minimum atomic E-state index is -4.56. The molecule has 0 saturated carbocycles. The lowest BCUT2D eigenvalue weighted by molar-refractivity contribution is -0.0601. The van der Waals surface area contributed by atoms with Crippen molar-refractivity contribution in [2.24, 2.45) is 0 Å². The molecule has 0 aromatic carbocycles. The summed E-state index contributed by atoms with van der Waals surface area (Å²) in [5.74, 6) is -0.223. The molecule has 260 valence electrons. The van der Waals surface area contributed by atoms with Crippen molar-refractivity contribution in [1.82, 2.24) is 24.1 Å². The van der Waals surface area contributed by atoms with E-state index in [0.29, 0.717) is 5.56 Å². The number of ketones is 1. The van der Waals surface area contributed by atoms with E-state index in [-0.39, 0.29) is 49.2 Å². The molecule has 18 nitrogen and oxygen atoms in total. The highest BCUT2D eigenvalue weighted by molar-refractivity contribution is 7.48. The second-order valence-corrected chi connectivity index (χ2v) is 13.0. The average Bonchev–Trinajstić information content (AvgIpc) is 3.64. The van der Waals surface area contributed by atoms with Crippen molar-refractivity contribution in [3.05, 3.63) is 95.3 Å². The van der Waals surface area contributed by atoms with Crippen molar-refractivity contribution >= 4 is 13.6 Å². The maximum Gasteiger partial charge on any atom is 0.475 e. The van der Waals surface area contributed by atoms with Gasteiger partial charge in [-0.1, -0.05) is 0 Å². The SMILES string of the molecule is Cc1cn([C@H]2C[C@H](OP(=O)(OCCCC(=O)c3cccnc3)OC[C@H]3O[C@@H](n4cc(C)c(=O)[nH]c4=O)C[C@@H]3O)[C@@H](CO)O2)c(=O)[nH]c1=O. The van der Waals surface area contributed by atoms with Crippen molar-refractivity contribution in [3.63, 3.8) is 0 Å². The van der Waals surface area contributed by atoms with Crippen LogP contribution in [-0.4, -0.2) is 84.3 Å². The Bertz CT molecular complexity index is 1890. The fourth-order valence-corrected chi connectivity index (χ4v) is 6.72. The fourth-order valence-electron chi connectivity index (χ4n) is 5.29. The predicted molar refractivity (Wildman–Crippen MR) is 164 cm³/mol. The van der Waals surface area contributed by atoms with Gasteiger partial charge in [0.1, 0.15) is 30.8 Å². The molecule has 0 amide bonds. The molecular weight excluding hydrogens is 657 g/mol. The molecule has 4 N–H and O–H groups in total. The number of aromatic nitrogens is 5. The van der Waals surface area contributed by atoms with E-state index in [4.69, 9.17) is 23.0 Å². The second-order valence-electron chi connectivity index (χ2n) is 11.4. The van der Waals surface area contributed by atoms with E-state index in [1.165, 1.54) is 38.6 Å². The highest BCUT2D eigenvalue weighted by atomic mass is 31.2. The van der Waals surface area contributed by atoms with E-state index in [0.717, 1.165) is 9.13 Å². The maximum atomic E-state index is 14.1. The summed E-state index contributed by atoms with van der Waals surface area (Å²) in [5.41, 5.74) is -1.78. The van der Waals surface area contributed by atoms with Gasteiger partial charge < -0.3 is 19.7 Å². The van der Waals surface area contributed by atoms with E-state index in [2.05, 4.69) is 15.0 Å². The van der Waals surface area contributed by atoms with Crippen LogP contribution in [0.1, 0.15) is 59.6 Å². The quantitative estimate of drug-likeness (QED) is 0.100. The van der Waals surface area contributed by atoms with Gasteiger partial charge in [-0.3, -0.25) is 52.0 Å². The van der Waals surface area contributed by atoms with E-state index in [9.17, 15) is 38.8 Å². The first-order valence-corrected chi connectivity index (χ1v) is 16.6. The summed E-state index contributed by atoms with van der Waals surface area (Å²) in [4.78, 5) is 69.2. The van der Waals surface area contributed by atoms with Crippen molar-refractivity contribution in [2.75, 3.05) is 19.8 Å². The molecule has 0 spiro atoms. The number of aliphatic hydroxyl groups is 2. The lowest BCUT2D eigenvalue weighted by Gasteiger charge is -2.25. The number of aliphatic hydroxyl groups excluding tert-OH is 2. The van der Waals surface area contributed by atoms with Crippen molar-refractivity contribution in [1.29, 1.82) is 0 Å². The number of phosphoric acid groups is 1. The Kier molecular flexibility index (Phi) is 11.2. The van der Waals surface area contributed by atoms with Gasteiger partial charge in [0, 0.05) is 60.7 Å². The van der Waals surface area contributed by atoms with Gasteiger partial charge in [-0.25, -0.2) is 14.2 Å². The molecule has 2 saturated heterocycles. The number of aromatic amines is 2. The molecule has 2 fully saturated rings. The molecule has 3 aromatic heterocycles. The molecule has 3 aromatic rings. The number of Topliss-reactive ketones (excluding diaryl/α,β-unsaturated/α-hetero) is 1. The van der Waals surface area contributed by atoms with Crippen LogP contribution >= 0.6 is 7.82 Å². The van der Waals surface area contributed by atoms with Gasteiger partial charge in [0.25, 0.3) is 11.1 Å². The number of ether oxygens (including phenoxy) is 2. The zero-order chi connectivity index (χ0) is 34.6. The van der Waals surface area contributed by atoms with Gasteiger partial charge in [0.05, 0.1) is 25.9 Å². The Balaban J connectivity index is 1.29. The van der Waals surface area contributed by atoms with E-state index >= 15 is 0 Å². The zero-order valence-electron chi connectivity index (χ0n) is 26.1. The van der Waals surface area contributed by atoms with Crippen molar-refractivity contribution in [2.45, 2.75) is 76.4 Å². The number of aryl methyl sites for hydroxylation is 2. The van der Waals surface area contributed by atoms with Crippen LogP contribution in [0.5, 0.6) is 0 Å². The van der Waals surface area contributed by atoms with Crippen LogP contribution in [0.15, 0.2) is 56.1 Å². The molecule has 1 unspecified atom stereocenters. The van der Waals surface area contributed by atoms with E-state index < -0.39 is 80.4 Å². The zero-order valence-corrected chi connectivity index (χ0v) is 26.9. The topological polar surface area (TPSA) is 243 Å². The third-order valence-corrected chi connectivity index (χ3v) is 9.41. The third-order valence-electron chi connectivity index (χ3n) is 7.92. The Hall–Kier alpha value is -3.87. The van der Waals surface area contributed by atoms with Gasteiger partial charge in [-0.15, -0.1) is 0 Å². The first-order chi connectivity index (χ1) is 22.9. The molecule has 2 aliphatic heterocycles. The van der Waals surface area contributed by atoms with Crippen LogP contribution in [0, 0.1) is 13.8 Å². The third kappa shape index (κ3) is 8.22. The van der Waals surface area contributed by atoms with Crippen molar-refractivity contribution in [3.8, 4) is 0 Å². The minimum Gasteiger partial charge on any atom is -0.394 e. The summed E-state index contributed by atoms with van der Waals surface area (Å²) < 4.78 is 44.9. The van der Waals surface area contributed by atoms with Gasteiger partial charge in [0.2, 0.25) is 0 Å². The molecule has 48 heavy (non-hydrogen) atoms. The lowest BCUT2D eigenvalue weighted by Crippen LogP contribution is -2.33. The molecule has 5 heterocycles. The number of pyridine rings is 1. The predicted octanol–water partition coefficient (Wildman–Crippen LogP) is 0.216. The smallest absolute Gasteiger partial charge is 0.394 e. The van der Waals surface area contributed by atoms with Gasteiger partial charge in [-0.2, -0.15) is 0 Å². The highest BCUT2D eigenvalue weighted by Crippen LogP contribution is 2.53. The van der Waals surface area contributed by atoms with Crippen LogP contribution in [0.25, 0.3) is 0 Å². The number of H-pyrrole nitrogens is 2. The first-order valence-electron chi connectivity index (χ1n) is 15.1. The number of hydrogen-bond donors (Lipinski definition) is 4. The fraction of sp³-hybridized carbons (Fsp3) is 0.517. The molecule has 0 bridgehead atoms. The second kappa shape index (κ2) is 15.1. The Labute approximate surface area is 271 Å². The van der Waals surface area contributed by atoms with Crippen LogP contribution in [-0.2, 0) is 27.6 Å². The minimum absolute atomic E-state index is 0.0213. The normalized spacial score (nSPS) is 25.2. The number of hydrogen-bond acceptors (Lipinski definition) is 14. The summed E-state index contributed by atoms with van der Waals surface area (Å²) in [6, 6.07) is 3.23. The monoisotopic (exact) mass is 693 g/mol. The molecule has 5 rings (SSSR count). The first kappa shape index (κ1) is 35.4. The van der Waals surface area contributed by atoms with Gasteiger partial charge in [-0.05, 0) is 32.4 Å². The van der Waals surface area contributed by atoms with Gasteiger partial charge in [0.15, 0.2) is 5.78 Å². The lowest BCUT2D eigenvalue weighted by atomic mass is 10.1. The van der Waals surface area contributed by atoms with Crippen LogP contribution in [0.4, 0.5) is 0 Å². The summed E-state index contributed by atoms with van der Waals surface area (Å²) in [6.45, 7) is 1.61. The van der Waals surface area contributed by atoms with E-state index in [1.807, 2.05) is 0 Å². The average molecular weight is 694 g/mol. The largest absolute Gasteiger partial charge is 0.475 e. The molecule has 2 aliphatic rings. The number of phosphoric ester groups is 1. The Morgan fingerprint density at radius 2 is 1.62 bits per heavy atom. The number of carbonyl (C=O) groups excluding carboxylic acids is 1. The summed E-state index contributed by atoms with van der Waals surface area (Å²) >= 11 is 0. The Morgan fingerprint density at radius 1 is 1.00 bits per heavy atom. The van der Waals surface area contributed by atoms with Crippen LogP contribution in [0.2, 0.25) is 0 Å². The number of nitrogens with one attached hydrogen (secondary N) is 2. The molecule has 0 aliphatic carbocycles. The van der Waals surface area contributed by atoms with Gasteiger partial charge >= 0.3 is 19.2 Å². The summed E-state index contributed by atoms with van der Waals surface area (Å²) in [6.07, 6.45) is -0.980. The summed E-state index contributed by atoms with van der Waals surface area (Å²) in [7, 11) is -4.56. The number of nitrogens with zero attached hydrogens (tertiary/aromatic N) is 3. The molecule has 7 atom stereocenters. The maximum absolute atomic E-state index is 14.1. The van der Waals surface area contributed by atoms with Crippen LogP contribution in [0.3, 0.4) is 0 Å². The molecule has 0 radical (unpaired) electrons.